The van der Waals surface area contributed by atoms with Crippen LogP contribution in [0.2, 0.25) is 0 Å². The largest absolute Gasteiger partial charge is 0.349 e. The van der Waals surface area contributed by atoms with Crippen LogP contribution >= 0.6 is 22.9 Å². The van der Waals surface area contributed by atoms with E-state index in [1.165, 1.54) is 3.11 Å². The highest BCUT2D eigenvalue weighted by Crippen LogP contribution is 2.25. The number of amides is 2. The van der Waals surface area contributed by atoms with E-state index in [2.05, 4.69) is 15.5 Å². The predicted octanol–water partition coefficient (Wildman–Crippen LogP) is 3.45. The van der Waals surface area contributed by atoms with Crippen LogP contribution in [-0.2, 0) is 0 Å². The Labute approximate surface area is 158 Å². The number of halogens is 1. The Morgan fingerprint density at radius 2 is 1.96 bits per heavy atom. The standard InChI is InChI=1S/C18H15IN4O2/c19-23(18(25)16-14-6-1-2-7-15(14)21-22-16)13-5-3-4-11(10-13)17(24)20-12-8-9-12/h1-7,10,12H,8-9H2,(H,20,24)(H,21,22). The van der Waals surface area contributed by atoms with E-state index < -0.39 is 0 Å². The predicted molar refractivity (Wildman–Crippen MR) is 104 cm³/mol. The molecule has 1 fully saturated rings. The summed E-state index contributed by atoms with van der Waals surface area (Å²) < 4.78 is 1.48. The van der Waals surface area contributed by atoms with Crippen LogP contribution in [0.5, 0.6) is 0 Å². The molecule has 0 aliphatic heterocycles. The summed E-state index contributed by atoms with van der Waals surface area (Å²) in [5.41, 5.74) is 2.36. The summed E-state index contributed by atoms with van der Waals surface area (Å²) in [5.74, 6) is -0.343. The van der Waals surface area contributed by atoms with Crippen LogP contribution in [0.25, 0.3) is 10.9 Å². The summed E-state index contributed by atoms with van der Waals surface area (Å²) in [4.78, 5) is 25.0. The van der Waals surface area contributed by atoms with E-state index in [9.17, 15) is 9.59 Å². The van der Waals surface area contributed by atoms with Gasteiger partial charge in [-0.05, 0) is 37.1 Å². The lowest BCUT2D eigenvalue weighted by atomic mass is 10.1. The number of carbonyl (C=O) groups excluding carboxylic acids is 2. The Morgan fingerprint density at radius 1 is 1.16 bits per heavy atom. The molecule has 1 heterocycles. The number of aromatic nitrogens is 2. The molecule has 6 nitrogen and oxygen atoms in total. The summed E-state index contributed by atoms with van der Waals surface area (Å²) in [6.07, 6.45) is 2.07. The second-order valence-electron chi connectivity index (χ2n) is 6.00. The van der Waals surface area contributed by atoms with Crippen LogP contribution in [-0.4, -0.2) is 28.1 Å². The lowest BCUT2D eigenvalue weighted by Gasteiger charge is -2.14. The third-order valence-electron chi connectivity index (χ3n) is 4.10. The summed E-state index contributed by atoms with van der Waals surface area (Å²) in [7, 11) is 0. The molecule has 1 aliphatic rings. The first-order valence-electron chi connectivity index (χ1n) is 7.98. The monoisotopic (exact) mass is 446 g/mol. The highest BCUT2D eigenvalue weighted by molar-refractivity contribution is 14.1. The first kappa shape index (κ1) is 16.1. The van der Waals surface area contributed by atoms with Gasteiger partial charge in [-0.3, -0.25) is 14.7 Å². The molecule has 0 unspecified atom stereocenters. The zero-order valence-corrected chi connectivity index (χ0v) is 15.4. The number of aromatic amines is 1. The number of fused-ring (bicyclic) bond motifs is 1. The number of H-pyrrole nitrogens is 1. The molecule has 2 N–H and O–H groups in total. The summed E-state index contributed by atoms with van der Waals surface area (Å²) >= 11 is 1.94. The smallest absolute Gasteiger partial charge is 0.288 e. The van der Waals surface area contributed by atoms with Crippen LogP contribution in [0.15, 0.2) is 48.5 Å². The van der Waals surface area contributed by atoms with Gasteiger partial charge in [0.15, 0.2) is 5.69 Å². The normalized spacial score (nSPS) is 13.6. The Hall–Kier alpha value is -2.42. The van der Waals surface area contributed by atoms with Crippen molar-refractivity contribution in [3.05, 3.63) is 59.8 Å². The number of rotatable bonds is 4. The molecule has 7 heteroatoms. The van der Waals surface area contributed by atoms with Crippen LogP contribution in [0, 0.1) is 0 Å². The van der Waals surface area contributed by atoms with Crippen molar-refractivity contribution in [3.8, 4) is 0 Å². The molecule has 1 saturated carbocycles. The van der Waals surface area contributed by atoms with Crippen molar-refractivity contribution in [2.45, 2.75) is 18.9 Å². The number of nitrogens with zero attached hydrogens (tertiary/aromatic N) is 2. The van der Waals surface area contributed by atoms with Crippen molar-refractivity contribution in [1.29, 1.82) is 0 Å². The van der Waals surface area contributed by atoms with Crippen LogP contribution in [0.1, 0.15) is 33.7 Å². The van der Waals surface area contributed by atoms with Gasteiger partial charge in [0.05, 0.1) is 34.1 Å². The van der Waals surface area contributed by atoms with Gasteiger partial charge in [-0.15, -0.1) is 0 Å². The Kier molecular flexibility index (Phi) is 4.16. The molecule has 25 heavy (non-hydrogen) atoms. The van der Waals surface area contributed by atoms with Crippen LogP contribution in [0.4, 0.5) is 5.69 Å². The zero-order chi connectivity index (χ0) is 17.4. The quantitative estimate of drug-likeness (QED) is 0.476. The topological polar surface area (TPSA) is 78.1 Å². The van der Waals surface area contributed by atoms with E-state index in [1.807, 2.05) is 47.1 Å². The lowest BCUT2D eigenvalue weighted by Crippen LogP contribution is -2.26. The fourth-order valence-corrected chi connectivity index (χ4v) is 3.13. The molecular formula is C18H15IN4O2. The van der Waals surface area contributed by atoms with Crippen LogP contribution in [0.3, 0.4) is 0 Å². The van der Waals surface area contributed by atoms with Gasteiger partial charge >= 0.3 is 0 Å². The van der Waals surface area contributed by atoms with Gasteiger partial charge in [-0.25, -0.2) is 3.11 Å². The number of hydrogen-bond donors (Lipinski definition) is 2. The second kappa shape index (κ2) is 6.47. The van der Waals surface area contributed by atoms with Crippen molar-refractivity contribution >= 4 is 51.3 Å². The van der Waals surface area contributed by atoms with Crippen molar-refractivity contribution in [2.75, 3.05) is 3.11 Å². The second-order valence-corrected chi connectivity index (χ2v) is 6.97. The fraction of sp³-hybridized carbons (Fsp3) is 0.167. The van der Waals surface area contributed by atoms with Gasteiger partial charge < -0.3 is 5.32 Å². The maximum Gasteiger partial charge on any atom is 0.288 e. The molecule has 2 amide bonds. The molecule has 0 atom stereocenters. The molecule has 0 spiro atoms. The van der Waals surface area contributed by atoms with E-state index in [0.717, 1.165) is 23.7 Å². The molecule has 0 bridgehead atoms. The third kappa shape index (κ3) is 3.23. The van der Waals surface area contributed by atoms with Crippen molar-refractivity contribution < 1.29 is 9.59 Å². The maximum atomic E-state index is 12.8. The summed E-state index contributed by atoms with van der Waals surface area (Å²) in [5, 5.41) is 10.7. The first-order chi connectivity index (χ1) is 12.1. The summed E-state index contributed by atoms with van der Waals surface area (Å²) in [6.45, 7) is 0. The van der Waals surface area contributed by atoms with Crippen molar-refractivity contribution in [1.82, 2.24) is 15.5 Å². The minimum Gasteiger partial charge on any atom is -0.349 e. The van der Waals surface area contributed by atoms with E-state index >= 15 is 0 Å². The molecule has 126 valence electrons. The average molecular weight is 446 g/mol. The van der Waals surface area contributed by atoms with Gasteiger partial charge in [0, 0.05) is 17.0 Å². The van der Waals surface area contributed by atoms with Gasteiger partial charge in [0.25, 0.3) is 11.8 Å². The lowest BCUT2D eigenvalue weighted by molar-refractivity contribution is 0.0949. The Bertz CT molecular complexity index is 964. The molecule has 0 radical (unpaired) electrons. The SMILES string of the molecule is O=C(NC1CC1)c1cccc(N(I)C(=O)c2n[nH]c3ccccc23)c1. The van der Waals surface area contributed by atoms with Gasteiger partial charge in [-0.1, -0.05) is 24.3 Å². The number of carbonyl (C=O) groups is 2. The maximum absolute atomic E-state index is 12.8. The molecule has 1 aliphatic carbocycles. The molecule has 3 aromatic rings. The molecule has 4 rings (SSSR count). The van der Waals surface area contributed by atoms with E-state index in [-0.39, 0.29) is 11.8 Å². The van der Waals surface area contributed by atoms with Crippen LogP contribution < -0.4 is 8.43 Å². The van der Waals surface area contributed by atoms with E-state index in [4.69, 9.17) is 0 Å². The third-order valence-corrected chi connectivity index (χ3v) is 5.09. The minimum absolute atomic E-state index is 0.105. The molecule has 2 aromatic carbocycles. The van der Waals surface area contributed by atoms with Gasteiger partial charge in [0.1, 0.15) is 0 Å². The van der Waals surface area contributed by atoms with Crippen molar-refractivity contribution in [2.24, 2.45) is 0 Å². The number of para-hydroxylation sites is 1. The Balaban J connectivity index is 1.60. The van der Waals surface area contributed by atoms with Crippen molar-refractivity contribution in [3.63, 3.8) is 0 Å². The number of hydrogen-bond acceptors (Lipinski definition) is 3. The highest BCUT2D eigenvalue weighted by Gasteiger charge is 2.25. The molecular weight excluding hydrogens is 431 g/mol. The van der Waals surface area contributed by atoms with E-state index in [0.29, 0.717) is 23.0 Å². The van der Waals surface area contributed by atoms with Gasteiger partial charge in [0.2, 0.25) is 0 Å². The minimum atomic E-state index is -0.238. The van der Waals surface area contributed by atoms with E-state index in [1.54, 1.807) is 24.3 Å². The number of benzene rings is 2. The zero-order valence-electron chi connectivity index (χ0n) is 13.2. The fourth-order valence-electron chi connectivity index (χ4n) is 2.60. The van der Waals surface area contributed by atoms with Gasteiger partial charge in [-0.2, -0.15) is 5.10 Å². The molecule has 0 saturated heterocycles. The Morgan fingerprint density at radius 3 is 2.76 bits per heavy atom. The number of anilines is 1. The summed E-state index contributed by atoms with van der Waals surface area (Å²) in [6, 6.07) is 14.8. The average Bonchev–Trinajstić information content (AvgIpc) is 3.36. The number of nitrogens with one attached hydrogen (secondary N) is 2. The highest BCUT2D eigenvalue weighted by atomic mass is 127. The first-order valence-corrected chi connectivity index (χ1v) is 8.94. The molecule has 1 aromatic heterocycles.